The third-order valence-electron chi connectivity index (χ3n) is 2.57. The van der Waals surface area contributed by atoms with Gasteiger partial charge in [-0.2, -0.15) is 0 Å². The van der Waals surface area contributed by atoms with Crippen molar-refractivity contribution >= 4 is 23.4 Å². The van der Waals surface area contributed by atoms with Gasteiger partial charge in [-0.1, -0.05) is 41.6 Å². The maximum atomic E-state index is 6.12. The highest BCUT2D eigenvalue weighted by atomic mass is 35.5. The molecule has 0 atom stereocenters. The second-order valence-corrected chi connectivity index (χ2v) is 5.20. The third-order valence-corrected chi connectivity index (χ3v) is 3.95. The molecule has 0 bridgehead atoms. The van der Waals surface area contributed by atoms with E-state index in [0.29, 0.717) is 6.54 Å². The summed E-state index contributed by atoms with van der Waals surface area (Å²) in [5.41, 5.74) is 6.68. The van der Waals surface area contributed by atoms with Crippen LogP contribution in [-0.2, 0) is 12.3 Å². The molecule has 2 aromatic rings. The average molecular weight is 283 g/mol. The highest BCUT2D eigenvalue weighted by molar-refractivity contribution is 7.98. The maximum absolute atomic E-state index is 6.12. The maximum Gasteiger partial charge on any atom is 0.191 e. The van der Waals surface area contributed by atoms with Crippen LogP contribution in [-0.4, -0.2) is 21.3 Å². The molecule has 1 aromatic carbocycles. The fraction of sp³-hybridized carbons (Fsp3) is 0.333. The summed E-state index contributed by atoms with van der Waals surface area (Å²) in [6, 6.07) is 7.83. The van der Waals surface area contributed by atoms with Crippen molar-refractivity contribution in [2.45, 2.75) is 24.4 Å². The Balaban J connectivity index is 2.09. The lowest BCUT2D eigenvalue weighted by Crippen LogP contribution is -2.12. The first-order valence-corrected chi connectivity index (χ1v) is 7.05. The summed E-state index contributed by atoms with van der Waals surface area (Å²) in [5.74, 6) is 1.67. The first-order chi connectivity index (χ1) is 8.72. The second kappa shape index (κ2) is 6.22. The molecule has 4 nitrogen and oxygen atoms in total. The number of halogens is 1. The molecular formula is C12H15ClN4S. The first kappa shape index (κ1) is 13.4. The summed E-state index contributed by atoms with van der Waals surface area (Å²) >= 11 is 7.74. The molecule has 0 aliphatic rings. The van der Waals surface area contributed by atoms with Gasteiger partial charge in [-0.3, -0.25) is 0 Å². The van der Waals surface area contributed by atoms with E-state index < -0.39 is 0 Å². The standard InChI is InChI=1S/C12H15ClN4S/c1-9-15-16-12(17(9)7-6-14)18-8-10-4-2-3-5-11(10)13/h2-5H,6-8,14H2,1H3. The summed E-state index contributed by atoms with van der Waals surface area (Å²) in [6.07, 6.45) is 0. The number of hydrogen-bond acceptors (Lipinski definition) is 4. The van der Waals surface area contributed by atoms with E-state index in [1.165, 1.54) is 0 Å². The Morgan fingerprint density at radius 3 is 2.83 bits per heavy atom. The molecule has 6 heteroatoms. The molecule has 0 unspecified atom stereocenters. The van der Waals surface area contributed by atoms with Crippen molar-refractivity contribution in [3.05, 3.63) is 40.7 Å². The first-order valence-electron chi connectivity index (χ1n) is 5.68. The fourth-order valence-electron chi connectivity index (χ4n) is 1.61. The smallest absolute Gasteiger partial charge is 0.191 e. The summed E-state index contributed by atoms with van der Waals surface area (Å²) in [7, 11) is 0. The summed E-state index contributed by atoms with van der Waals surface area (Å²) < 4.78 is 2.03. The number of aryl methyl sites for hydroxylation is 1. The van der Waals surface area contributed by atoms with Crippen LogP contribution in [0.2, 0.25) is 5.02 Å². The molecule has 0 amide bonds. The number of rotatable bonds is 5. The van der Waals surface area contributed by atoms with Crippen LogP contribution in [0.15, 0.2) is 29.4 Å². The molecule has 1 aromatic heterocycles. The third kappa shape index (κ3) is 3.04. The van der Waals surface area contributed by atoms with Gasteiger partial charge in [0.05, 0.1) is 0 Å². The number of benzene rings is 1. The van der Waals surface area contributed by atoms with Crippen LogP contribution in [0.25, 0.3) is 0 Å². The van der Waals surface area contributed by atoms with Crippen molar-refractivity contribution in [1.29, 1.82) is 0 Å². The molecule has 96 valence electrons. The Kier molecular flexibility index (Phi) is 4.63. The highest BCUT2D eigenvalue weighted by Gasteiger charge is 2.09. The molecule has 0 spiro atoms. The molecule has 0 radical (unpaired) electrons. The second-order valence-electron chi connectivity index (χ2n) is 3.85. The van der Waals surface area contributed by atoms with Crippen molar-refractivity contribution in [2.24, 2.45) is 5.73 Å². The van der Waals surface area contributed by atoms with Crippen molar-refractivity contribution in [1.82, 2.24) is 14.8 Å². The Morgan fingerprint density at radius 2 is 2.11 bits per heavy atom. The number of aromatic nitrogens is 3. The van der Waals surface area contributed by atoms with Gasteiger partial charge in [-0.05, 0) is 18.6 Å². The van der Waals surface area contributed by atoms with Crippen LogP contribution in [0.4, 0.5) is 0 Å². The van der Waals surface area contributed by atoms with E-state index in [2.05, 4.69) is 10.2 Å². The minimum Gasteiger partial charge on any atom is -0.329 e. The van der Waals surface area contributed by atoms with Gasteiger partial charge in [0.2, 0.25) is 0 Å². The molecule has 0 saturated heterocycles. The monoisotopic (exact) mass is 282 g/mol. The Labute approximate surface area is 116 Å². The number of nitrogens with two attached hydrogens (primary N) is 1. The normalized spacial score (nSPS) is 10.8. The van der Waals surface area contributed by atoms with Gasteiger partial charge in [0, 0.05) is 23.9 Å². The minimum atomic E-state index is 0.582. The molecule has 18 heavy (non-hydrogen) atoms. The van der Waals surface area contributed by atoms with Gasteiger partial charge in [0.15, 0.2) is 5.16 Å². The molecule has 1 heterocycles. The number of nitrogens with zero attached hydrogens (tertiary/aromatic N) is 3. The van der Waals surface area contributed by atoms with Crippen molar-refractivity contribution in [3.63, 3.8) is 0 Å². The summed E-state index contributed by atoms with van der Waals surface area (Å²) in [4.78, 5) is 0. The van der Waals surface area contributed by atoms with Crippen molar-refractivity contribution in [2.75, 3.05) is 6.54 Å². The summed E-state index contributed by atoms with van der Waals surface area (Å²) in [5, 5.41) is 9.90. The van der Waals surface area contributed by atoms with Gasteiger partial charge in [-0.15, -0.1) is 10.2 Å². The molecule has 2 rings (SSSR count). The zero-order valence-corrected chi connectivity index (χ0v) is 11.7. The molecule has 0 saturated carbocycles. The molecule has 0 fully saturated rings. The van der Waals surface area contributed by atoms with E-state index in [4.69, 9.17) is 17.3 Å². The summed E-state index contributed by atoms with van der Waals surface area (Å²) in [6.45, 7) is 3.25. The van der Waals surface area contributed by atoms with Crippen molar-refractivity contribution < 1.29 is 0 Å². The number of thioether (sulfide) groups is 1. The Bertz CT molecular complexity index is 527. The van der Waals surface area contributed by atoms with E-state index in [-0.39, 0.29) is 0 Å². The zero-order valence-electron chi connectivity index (χ0n) is 10.1. The minimum absolute atomic E-state index is 0.582. The largest absolute Gasteiger partial charge is 0.329 e. The predicted molar refractivity (Wildman–Crippen MR) is 74.8 cm³/mol. The molecule has 2 N–H and O–H groups in total. The lowest BCUT2D eigenvalue weighted by Gasteiger charge is -2.07. The predicted octanol–water partition coefficient (Wildman–Crippen LogP) is 2.49. The topological polar surface area (TPSA) is 56.7 Å². The van der Waals surface area contributed by atoms with Gasteiger partial charge in [0.25, 0.3) is 0 Å². The fourth-order valence-corrected chi connectivity index (χ4v) is 2.91. The quantitative estimate of drug-likeness (QED) is 0.856. The van der Waals surface area contributed by atoms with E-state index in [0.717, 1.165) is 33.9 Å². The van der Waals surface area contributed by atoms with Crippen LogP contribution < -0.4 is 5.73 Å². The van der Waals surface area contributed by atoms with Crippen LogP contribution >= 0.6 is 23.4 Å². The van der Waals surface area contributed by atoms with E-state index in [1.807, 2.05) is 35.8 Å². The van der Waals surface area contributed by atoms with Crippen molar-refractivity contribution in [3.8, 4) is 0 Å². The van der Waals surface area contributed by atoms with Crippen LogP contribution in [0.3, 0.4) is 0 Å². The lowest BCUT2D eigenvalue weighted by atomic mass is 10.2. The van der Waals surface area contributed by atoms with Crippen LogP contribution in [0, 0.1) is 6.92 Å². The van der Waals surface area contributed by atoms with Gasteiger partial charge in [0.1, 0.15) is 5.82 Å². The highest BCUT2D eigenvalue weighted by Crippen LogP contribution is 2.25. The Morgan fingerprint density at radius 1 is 1.33 bits per heavy atom. The van der Waals surface area contributed by atoms with Crippen LogP contribution in [0.1, 0.15) is 11.4 Å². The van der Waals surface area contributed by atoms with Crippen LogP contribution in [0.5, 0.6) is 0 Å². The molecular weight excluding hydrogens is 268 g/mol. The van der Waals surface area contributed by atoms with E-state index in [1.54, 1.807) is 11.8 Å². The lowest BCUT2D eigenvalue weighted by molar-refractivity contribution is 0.627. The van der Waals surface area contributed by atoms with E-state index in [9.17, 15) is 0 Å². The zero-order chi connectivity index (χ0) is 13.0. The SMILES string of the molecule is Cc1nnc(SCc2ccccc2Cl)n1CCN. The molecule has 0 aliphatic carbocycles. The average Bonchev–Trinajstić information content (AvgIpc) is 2.71. The van der Waals surface area contributed by atoms with Gasteiger partial charge < -0.3 is 10.3 Å². The van der Waals surface area contributed by atoms with Gasteiger partial charge in [-0.25, -0.2) is 0 Å². The molecule has 0 aliphatic heterocycles. The van der Waals surface area contributed by atoms with E-state index >= 15 is 0 Å². The number of hydrogen-bond donors (Lipinski definition) is 1. The Hall–Kier alpha value is -1.04. The van der Waals surface area contributed by atoms with Gasteiger partial charge >= 0.3 is 0 Å².